The van der Waals surface area contributed by atoms with E-state index in [2.05, 4.69) is 0 Å². The van der Waals surface area contributed by atoms with Gasteiger partial charge >= 0.3 is 0 Å². The first-order chi connectivity index (χ1) is 9.65. The molecular formula is C16H14ClNO2. The highest BCUT2D eigenvalue weighted by Gasteiger charge is 2.24. The van der Waals surface area contributed by atoms with E-state index >= 15 is 0 Å². The number of para-hydroxylation sites is 1. The molecule has 0 spiro atoms. The van der Waals surface area contributed by atoms with Crippen molar-refractivity contribution in [3.8, 4) is 11.5 Å². The molecule has 4 heteroatoms. The van der Waals surface area contributed by atoms with Crippen LogP contribution in [0.15, 0.2) is 42.5 Å². The van der Waals surface area contributed by atoms with Crippen molar-refractivity contribution in [3.63, 3.8) is 0 Å². The molecule has 1 aliphatic rings. The van der Waals surface area contributed by atoms with Crippen molar-refractivity contribution in [1.29, 1.82) is 0 Å². The highest BCUT2D eigenvalue weighted by atomic mass is 35.5. The minimum atomic E-state index is 0.111. The van der Waals surface area contributed by atoms with Gasteiger partial charge in [-0.25, -0.2) is 0 Å². The Morgan fingerprint density at radius 1 is 1.15 bits per heavy atom. The Labute approximate surface area is 122 Å². The van der Waals surface area contributed by atoms with Crippen LogP contribution >= 0.6 is 11.6 Å². The maximum Gasteiger partial charge on any atom is 0.227 e. The predicted octanol–water partition coefficient (Wildman–Crippen LogP) is 4.04. The van der Waals surface area contributed by atoms with E-state index in [-0.39, 0.29) is 5.91 Å². The van der Waals surface area contributed by atoms with Gasteiger partial charge in [0, 0.05) is 18.5 Å². The number of aryl methyl sites for hydroxylation is 1. The van der Waals surface area contributed by atoms with E-state index in [0.29, 0.717) is 22.9 Å². The van der Waals surface area contributed by atoms with E-state index in [9.17, 15) is 4.79 Å². The highest BCUT2D eigenvalue weighted by Crippen LogP contribution is 2.38. The zero-order valence-electron chi connectivity index (χ0n) is 11.1. The molecule has 0 saturated carbocycles. The molecule has 0 unspecified atom stereocenters. The maximum atomic E-state index is 11.9. The lowest BCUT2D eigenvalue weighted by Gasteiger charge is -2.27. The van der Waals surface area contributed by atoms with Gasteiger partial charge < -0.3 is 9.64 Å². The number of rotatable bonds is 2. The van der Waals surface area contributed by atoms with Gasteiger partial charge in [-0.3, -0.25) is 4.79 Å². The standard InChI is InChI=1S/C16H14ClNO2/c1-18-15(19)9-8-11-4-2-7-14(16(11)18)20-13-6-3-5-12(17)10-13/h2-7,10H,8-9H2,1H3. The Morgan fingerprint density at radius 2 is 1.95 bits per heavy atom. The predicted molar refractivity (Wildman–Crippen MR) is 79.7 cm³/mol. The molecule has 3 nitrogen and oxygen atoms in total. The van der Waals surface area contributed by atoms with Gasteiger partial charge in [0.05, 0.1) is 5.69 Å². The van der Waals surface area contributed by atoms with E-state index < -0.39 is 0 Å². The summed E-state index contributed by atoms with van der Waals surface area (Å²) in [5.74, 6) is 1.46. The van der Waals surface area contributed by atoms with E-state index in [4.69, 9.17) is 16.3 Å². The average Bonchev–Trinajstić information content (AvgIpc) is 2.43. The van der Waals surface area contributed by atoms with Crippen LogP contribution in [0.2, 0.25) is 5.02 Å². The molecular weight excluding hydrogens is 274 g/mol. The molecule has 1 heterocycles. The Bertz CT molecular complexity index is 669. The largest absolute Gasteiger partial charge is 0.455 e. The lowest BCUT2D eigenvalue weighted by atomic mass is 10.0. The number of amides is 1. The first-order valence-electron chi connectivity index (χ1n) is 6.47. The summed E-state index contributed by atoms with van der Waals surface area (Å²) in [5.41, 5.74) is 1.98. The summed E-state index contributed by atoms with van der Waals surface area (Å²) >= 11 is 5.96. The summed E-state index contributed by atoms with van der Waals surface area (Å²) in [7, 11) is 1.78. The van der Waals surface area contributed by atoms with Crippen LogP contribution < -0.4 is 9.64 Å². The lowest BCUT2D eigenvalue weighted by molar-refractivity contribution is -0.118. The molecule has 1 aliphatic heterocycles. The van der Waals surface area contributed by atoms with Gasteiger partial charge in [-0.1, -0.05) is 29.8 Å². The molecule has 3 rings (SSSR count). The molecule has 102 valence electrons. The summed E-state index contributed by atoms with van der Waals surface area (Å²) in [4.78, 5) is 13.5. The lowest BCUT2D eigenvalue weighted by Crippen LogP contribution is -2.31. The van der Waals surface area contributed by atoms with Crippen molar-refractivity contribution in [2.75, 3.05) is 11.9 Å². The number of fused-ring (bicyclic) bond motifs is 1. The molecule has 0 aliphatic carbocycles. The van der Waals surface area contributed by atoms with Crippen LogP contribution in [-0.2, 0) is 11.2 Å². The third-order valence-corrected chi connectivity index (χ3v) is 3.66. The van der Waals surface area contributed by atoms with E-state index in [1.807, 2.05) is 30.3 Å². The van der Waals surface area contributed by atoms with Gasteiger partial charge in [0.15, 0.2) is 5.75 Å². The van der Waals surface area contributed by atoms with Gasteiger partial charge in [0.25, 0.3) is 0 Å². The number of carbonyl (C=O) groups excluding carboxylic acids is 1. The molecule has 0 fully saturated rings. The minimum absolute atomic E-state index is 0.111. The SMILES string of the molecule is CN1C(=O)CCc2cccc(Oc3cccc(Cl)c3)c21. The number of anilines is 1. The molecule has 0 radical (unpaired) electrons. The highest BCUT2D eigenvalue weighted by molar-refractivity contribution is 6.30. The van der Waals surface area contributed by atoms with Crippen LogP contribution in [0.3, 0.4) is 0 Å². The molecule has 0 aromatic heterocycles. The molecule has 0 saturated heterocycles. The third kappa shape index (κ3) is 2.37. The van der Waals surface area contributed by atoms with Crippen molar-refractivity contribution >= 4 is 23.2 Å². The summed E-state index contributed by atoms with van der Waals surface area (Å²) in [6.45, 7) is 0. The van der Waals surface area contributed by atoms with E-state index in [1.165, 1.54) is 0 Å². The van der Waals surface area contributed by atoms with Gasteiger partial charge in [-0.2, -0.15) is 0 Å². The second kappa shape index (κ2) is 5.17. The summed E-state index contributed by atoms with van der Waals surface area (Å²) < 4.78 is 5.90. The first kappa shape index (κ1) is 13.0. The normalized spacial score (nSPS) is 14.1. The second-order valence-corrected chi connectivity index (χ2v) is 5.21. The summed E-state index contributed by atoms with van der Waals surface area (Å²) in [6, 6.07) is 13.1. The zero-order chi connectivity index (χ0) is 14.1. The van der Waals surface area contributed by atoms with Crippen LogP contribution in [0.5, 0.6) is 11.5 Å². The van der Waals surface area contributed by atoms with Crippen molar-refractivity contribution in [3.05, 3.63) is 53.1 Å². The first-order valence-corrected chi connectivity index (χ1v) is 6.85. The maximum absolute atomic E-state index is 11.9. The summed E-state index contributed by atoms with van der Waals surface area (Å²) in [5, 5.41) is 0.622. The molecule has 2 aromatic carbocycles. The van der Waals surface area contributed by atoms with Gasteiger partial charge in [0.2, 0.25) is 5.91 Å². The number of nitrogens with zero attached hydrogens (tertiary/aromatic N) is 1. The number of halogens is 1. The second-order valence-electron chi connectivity index (χ2n) is 4.78. The van der Waals surface area contributed by atoms with Crippen molar-refractivity contribution < 1.29 is 9.53 Å². The molecule has 20 heavy (non-hydrogen) atoms. The van der Waals surface area contributed by atoms with Crippen LogP contribution in [0.25, 0.3) is 0 Å². The number of benzene rings is 2. The molecule has 1 amide bonds. The number of hydrogen-bond donors (Lipinski definition) is 0. The Balaban J connectivity index is 2.00. The average molecular weight is 288 g/mol. The van der Waals surface area contributed by atoms with Crippen molar-refractivity contribution in [1.82, 2.24) is 0 Å². The molecule has 0 bridgehead atoms. The van der Waals surface area contributed by atoms with E-state index in [1.54, 1.807) is 24.1 Å². The zero-order valence-corrected chi connectivity index (χ0v) is 11.9. The van der Waals surface area contributed by atoms with Gasteiger partial charge in [-0.15, -0.1) is 0 Å². The van der Waals surface area contributed by atoms with Crippen LogP contribution in [-0.4, -0.2) is 13.0 Å². The smallest absolute Gasteiger partial charge is 0.227 e. The minimum Gasteiger partial charge on any atom is -0.455 e. The van der Waals surface area contributed by atoms with Crippen molar-refractivity contribution in [2.45, 2.75) is 12.8 Å². The molecule has 0 atom stereocenters. The quantitative estimate of drug-likeness (QED) is 0.834. The fraction of sp³-hybridized carbons (Fsp3) is 0.188. The Kier molecular flexibility index (Phi) is 3.36. The van der Waals surface area contributed by atoms with Gasteiger partial charge in [-0.05, 0) is 36.2 Å². The summed E-state index contributed by atoms with van der Waals surface area (Å²) in [6.07, 6.45) is 1.30. The fourth-order valence-electron chi connectivity index (χ4n) is 2.42. The Hall–Kier alpha value is -2.00. The third-order valence-electron chi connectivity index (χ3n) is 3.42. The fourth-order valence-corrected chi connectivity index (χ4v) is 2.60. The molecule has 0 N–H and O–H groups in total. The topological polar surface area (TPSA) is 29.5 Å². The van der Waals surface area contributed by atoms with Crippen LogP contribution in [0, 0.1) is 0 Å². The van der Waals surface area contributed by atoms with Gasteiger partial charge in [0.1, 0.15) is 5.75 Å². The number of hydrogen-bond acceptors (Lipinski definition) is 2. The number of ether oxygens (including phenoxy) is 1. The van der Waals surface area contributed by atoms with E-state index in [0.717, 1.165) is 17.7 Å². The number of carbonyl (C=O) groups is 1. The molecule has 2 aromatic rings. The Morgan fingerprint density at radius 3 is 2.75 bits per heavy atom. The van der Waals surface area contributed by atoms with Crippen molar-refractivity contribution in [2.24, 2.45) is 0 Å². The van der Waals surface area contributed by atoms with Crippen LogP contribution in [0.1, 0.15) is 12.0 Å². The monoisotopic (exact) mass is 287 g/mol. The van der Waals surface area contributed by atoms with Crippen LogP contribution in [0.4, 0.5) is 5.69 Å².